The molecule has 0 aromatic heterocycles. The number of nitro groups is 1. The molecule has 18 heavy (non-hydrogen) atoms. The average Bonchev–Trinajstić information content (AvgIpc) is 2.26. The van der Waals surface area contributed by atoms with Crippen LogP contribution in [-0.4, -0.2) is 24.2 Å². The molecule has 0 spiro atoms. The van der Waals surface area contributed by atoms with Crippen molar-refractivity contribution < 1.29 is 9.66 Å². The Balaban J connectivity index is 2.10. The quantitative estimate of drug-likeness (QED) is 0.659. The molecule has 1 aliphatic carbocycles. The van der Waals surface area contributed by atoms with Crippen molar-refractivity contribution in [3.05, 3.63) is 33.4 Å². The molecule has 1 fully saturated rings. The summed E-state index contributed by atoms with van der Waals surface area (Å²) in [4.78, 5) is 10.5. The first kappa shape index (κ1) is 12.8. The van der Waals surface area contributed by atoms with Crippen LogP contribution in [0.3, 0.4) is 0 Å². The van der Waals surface area contributed by atoms with Crippen molar-refractivity contribution in [2.75, 3.05) is 12.4 Å². The third-order valence-corrected chi connectivity index (χ3v) is 3.53. The number of nitro benzene ring substituents is 1. The lowest BCUT2D eigenvalue weighted by atomic mass is 9.89. The zero-order valence-corrected chi connectivity index (χ0v) is 10.9. The lowest BCUT2D eigenvalue weighted by Gasteiger charge is -2.35. The Hall–Kier alpha value is -1.62. The third kappa shape index (κ3) is 2.46. The second-order valence-corrected chi connectivity index (χ2v) is 4.88. The predicted octanol–water partition coefficient (Wildman–Crippen LogP) is 2.80. The van der Waals surface area contributed by atoms with E-state index in [9.17, 15) is 10.1 Å². The second kappa shape index (κ2) is 4.94. The van der Waals surface area contributed by atoms with Gasteiger partial charge in [-0.2, -0.15) is 0 Å². The van der Waals surface area contributed by atoms with Crippen molar-refractivity contribution in [3.63, 3.8) is 0 Å². The van der Waals surface area contributed by atoms with Gasteiger partial charge in [-0.3, -0.25) is 10.1 Å². The molecule has 0 aliphatic heterocycles. The lowest BCUT2D eigenvalue weighted by molar-refractivity contribution is -0.385. The van der Waals surface area contributed by atoms with Gasteiger partial charge in [-0.05, 0) is 38.3 Å². The molecule has 1 aromatic carbocycles. The molecular weight excluding hydrogens is 232 g/mol. The average molecular weight is 250 g/mol. The highest BCUT2D eigenvalue weighted by Gasteiger charge is 2.29. The van der Waals surface area contributed by atoms with Crippen molar-refractivity contribution in [2.24, 2.45) is 0 Å². The van der Waals surface area contributed by atoms with E-state index >= 15 is 0 Å². The van der Waals surface area contributed by atoms with Crippen LogP contribution >= 0.6 is 0 Å². The summed E-state index contributed by atoms with van der Waals surface area (Å²) in [7, 11) is 1.72. The van der Waals surface area contributed by atoms with E-state index in [4.69, 9.17) is 4.74 Å². The fourth-order valence-electron chi connectivity index (χ4n) is 2.25. The Bertz CT molecular complexity index is 468. The summed E-state index contributed by atoms with van der Waals surface area (Å²) in [6, 6.07) is 3.90. The summed E-state index contributed by atoms with van der Waals surface area (Å²) < 4.78 is 5.23. The van der Waals surface area contributed by atoms with E-state index in [0.29, 0.717) is 17.7 Å². The van der Waals surface area contributed by atoms with Gasteiger partial charge in [0.15, 0.2) is 0 Å². The fraction of sp³-hybridized carbons (Fsp3) is 0.538. The minimum Gasteiger partial charge on any atom is -0.382 e. The van der Waals surface area contributed by atoms with E-state index in [0.717, 1.165) is 24.1 Å². The molecule has 0 amide bonds. The minimum atomic E-state index is -0.337. The largest absolute Gasteiger partial charge is 0.382 e. The molecule has 0 radical (unpaired) electrons. The van der Waals surface area contributed by atoms with Crippen LogP contribution in [-0.2, 0) is 4.74 Å². The second-order valence-electron chi connectivity index (χ2n) is 4.88. The molecule has 1 N–H and O–H groups in total. The number of nitrogens with zero attached hydrogens (tertiary/aromatic N) is 1. The topological polar surface area (TPSA) is 64.4 Å². The molecule has 0 heterocycles. The van der Waals surface area contributed by atoms with Crippen LogP contribution in [0.15, 0.2) is 12.1 Å². The molecule has 5 heteroatoms. The van der Waals surface area contributed by atoms with Gasteiger partial charge < -0.3 is 10.1 Å². The van der Waals surface area contributed by atoms with Crippen molar-refractivity contribution in [1.29, 1.82) is 0 Å². The molecule has 2 rings (SSSR count). The highest BCUT2D eigenvalue weighted by molar-refractivity contribution is 5.59. The highest BCUT2D eigenvalue weighted by atomic mass is 16.6. The van der Waals surface area contributed by atoms with E-state index in [-0.39, 0.29) is 10.6 Å². The summed E-state index contributed by atoms with van der Waals surface area (Å²) in [6.45, 7) is 3.66. The Kier molecular flexibility index (Phi) is 3.52. The maximum Gasteiger partial charge on any atom is 0.272 e. The zero-order chi connectivity index (χ0) is 13.3. The van der Waals surface area contributed by atoms with Crippen LogP contribution < -0.4 is 5.32 Å². The van der Waals surface area contributed by atoms with E-state index in [1.165, 1.54) is 0 Å². The predicted molar refractivity (Wildman–Crippen MR) is 70.0 cm³/mol. The van der Waals surface area contributed by atoms with E-state index in [2.05, 4.69) is 5.32 Å². The first-order valence-electron chi connectivity index (χ1n) is 6.06. The number of benzene rings is 1. The maximum absolute atomic E-state index is 10.8. The van der Waals surface area contributed by atoms with Gasteiger partial charge in [0.1, 0.15) is 0 Å². The molecule has 0 bridgehead atoms. The van der Waals surface area contributed by atoms with Gasteiger partial charge in [-0.1, -0.05) is 0 Å². The molecule has 98 valence electrons. The van der Waals surface area contributed by atoms with Crippen LogP contribution in [0.1, 0.15) is 24.0 Å². The van der Waals surface area contributed by atoms with Gasteiger partial charge in [0, 0.05) is 30.5 Å². The van der Waals surface area contributed by atoms with Gasteiger partial charge in [0.25, 0.3) is 5.69 Å². The van der Waals surface area contributed by atoms with Gasteiger partial charge in [0.05, 0.1) is 11.0 Å². The smallest absolute Gasteiger partial charge is 0.272 e. The number of hydrogen-bond donors (Lipinski definition) is 1. The Morgan fingerprint density at radius 1 is 1.33 bits per heavy atom. The molecule has 0 atom stereocenters. The van der Waals surface area contributed by atoms with Gasteiger partial charge in [-0.25, -0.2) is 0 Å². The van der Waals surface area contributed by atoms with Crippen molar-refractivity contribution >= 4 is 11.4 Å². The molecular formula is C13H18N2O3. The number of nitrogens with one attached hydrogen (secondary N) is 1. The number of methoxy groups -OCH3 is 1. The summed E-state index contributed by atoms with van der Waals surface area (Å²) in [5, 5.41) is 14.2. The van der Waals surface area contributed by atoms with Crippen LogP contribution in [0.5, 0.6) is 0 Å². The number of hydrogen-bond acceptors (Lipinski definition) is 4. The third-order valence-electron chi connectivity index (χ3n) is 3.53. The zero-order valence-electron chi connectivity index (χ0n) is 10.9. The summed E-state index contributed by atoms with van der Waals surface area (Å²) in [6.07, 6.45) is 2.33. The van der Waals surface area contributed by atoms with Crippen LogP contribution in [0.4, 0.5) is 11.4 Å². The van der Waals surface area contributed by atoms with Crippen molar-refractivity contribution in [3.8, 4) is 0 Å². The number of rotatable bonds is 4. The highest BCUT2D eigenvalue weighted by Crippen LogP contribution is 2.30. The maximum atomic E-state index is 10.8. The summed E-state index contributed by atoms with van der Waals surface area (Å²) >= 11 is 0. The van der Waals surface area contributed by atoms with Gasteiger partial charge in [-0.15, -0.1) is 0 Å². The SMILES string of the molecule is COC1CC(Nc2cc(C)c([N+](=O)[O-])cc2C)C1. The molecule has 0 saturated heterocycles. The number of ether oxygens (including phenoxy) is 1. The van der Waals surface area contributed by atoms with Crippen molar-refractivity contribution in [1.82, 2.24) is 0 Å². The van der Waals surface area contributed by atoms with E-state index in [1.54, 1.807) is 20.1 Å². The molecule has 1 aromatic rings. The first-order valence-corrected chi connectivity index (χ1v) is 6.06. The van der Waals surface area contributed by atoms with Crippen LogP contribution in [0.25, 0.3) is 0 Å². The van der Waals surface area contributed by atoms with Gasteiger partial charge in [0.2, 0.25) is 0 Å². The monoisotopic (exact) mass is 250 g/mol. The summed E-state index contributed by atoms with van der Waals surface area (Å²) in [5.74, 6) is 0. The number of anilines is 1. The normalized spacial score (nSPS) is 22.4. The minimum absolute atomic E-state index is 0.182. The first-order chi connectivity index (χ1) is 8.51. The summed E-state index contributed by atoms with van der Waals surface area (Å²) in [5.41, 5.74) is 2.77. The molecule has 1 saturated carbocycles. The van der Waals surface area contributed by atoms with Crippen LogP contribution in [0, 0.1) is 24.0 Å². The van der Waals surface area contributed by atoms with Gasteiger partial charge >= 0.3 is 0 Å². The van der Waals surface area contributed by atoms with Crippen molar-refractivity contribution in [2.45, 2.75) is 38.8 Å². The van der Waals surface area contributed by atoms with E-state index in [1.807, 2.05) is 13.0 Å². The fourth-order valence-corrected chi connectivity index (χ4v) is 2.25. The van der Waals surface area contributed by atoms with Crippen LogP contribution in [0.2, 0.25) is 0 Å². The van der Waals surface area contributed by atoms with E-state index < -0.39 is 0 Å². The lowest BCUT2D eigenvalue weighted by Crippen LogP contribution is -2.40. The Morgan fingerprint density at radius 2 is 2.00 bits per heavy atom. The Morgan fingerprint density at radius 3 is 2.56 bits per heavy atom. The Labute approximate surface area is 106 Å². The molecule has 5 nitrogen and oxygen atoms in total. The molecule has 1 aliphatic rings. The molecule has 0 unspecified atom stereocenters. The number of aryl methyl sites for hydroxylation is 2. The standard InChI is InChI=1S/C13H18N2O3/c1-8-5-13(15(16)17)9(2)4-12(8)14-10-6-11(7-10)18-3/h4-5,10-11,14H,6-7H2,1-3H3.